The fourth-order valence-electron chi connectivity index (χ4n) is 3.86. The minimum absolute atomic E-state index is 0.191. The second-order valence-electron chi connectivity index (χ2n) is 7.92. The summed E-state index contributed by atoms with van der Waals surface area (Å²) < 4.78 is 20.7. The predicted octanol–water partition coefficient (Wildman–Crippen LogP) is 5.55. The lowest BCUT2D eigenvalue weighted by atomic mass is 10.00. The number of nitrogens with one attached hydrogen (secondary N) is 1. The Kier molecular flexibility index (Phi) is 7.12. The Morgan fingerprint density at radius 2 is 1.77 bits per heavy atom. The van der Waals surface area contributed by atoms with Crippen molar-refractivity contribution in [2.75, 3.05) is 11.5 Å². The molecule has 8 heteroatoms. The molecule has 1 N–H and O–H groups in total. The van der Waals surface area contributed by atoms with Crippen LogP contribution in [-0.2, 0) is 16.0 Å². The number of carbonyl (C=O) groups is 3. The molecule has 0 aliphatic carbocycles. The van der Waals surface area contributed by atoms with Gasteiger partial charge in [0.1, 0.15) is 17.1 Å². The normalized spacial score (nSPS) is 14.9. The smallest absolute Gasteiger partial charge is 0.335 e. The fourth-order valence-corrected chi connectivity index (χ4v) is 4.46. The van der Waals surface area contributed by atoms with Crippen LogP contribution in [0, 0.1) is 12.7 Å². The highest BCUT2D eigenvalue weighted by Crippen LogP contribution is 2.33. The molecule has 4 rings (SSSR count). The zero-order chi connectivity index (χ0) is 25.1. The van der Waals surface area contributed by atoms with Crippen LogP contribution in [-0.4, -0.2) is 24.5 Å². The average molecular weight is 537 g/mol. The van der Waals surface area contributed by atoms with E-state index in [1.165, 1.54) is 12.1 Å². The minimum atomic E-state index is -0.803. The van der Waals surface area contributed by atoms with Crippen LogP contribution in [0.4, 0.5) is 14.9 Å². The van der Waals surface area contributed by atoms with E-state index in [9.17, 15) is 18.8 Å². The summed E-state index contributed by atoms with van der Waals surface area (Å²) >= 11 is 3.53. The Morgan fingerprint density at radius 1 is 1.06 bits per heavy atom. The lowest BCUT2D eigenvalue weighted by Gasteiger charge is -2.27. The molecule has 1 aliphatic rings. The van der Waals surface area contributed by atoms with Gasteiger partial charge in [-0.15, -0.1) is 0 Å². The van der Waals surface area contributed by atoms with E-state index in [1.807, 2.05) is 6.92 Å². The number of benzene rings is 3. The van der Waals surface area contributed by atoms with Gasteiger partial charge in [-0.1, -0.05) is 52.3 Å². The fraction of sp³-hybridized carbons (Fsp3) is 0.148. The summed E-state index contributed by atoms with van der Waals surface area (Å²) in [5.41, 5.74) is 2.66. The van der Waals surface area contributed by atoms with Gasteiger partial charge in [0.25, 0.3) is 11.8 Å². The standard InChI is InChI=1S/C27H22BrFN2O4/c1-3-35-24-14-17(13-21(28)19(24)15-18-9-5-6-10-22(18)29)12-20-25(32)30-27(34)31(26(20)33)23-11-7-4-8-16(23)2/h4-14H,3,15H2,1-2H3,(H,30,32,34)/b20-12+. The Labute approximate surface area is 210 Å². The minimum Gasteiger partial charge on any atom is -0.494 e. The highest BCUT2D eigenvalue weighted by molar-refractivity contribution is 9.10. The van der Waals surface area contributed by atoms with Gasteiger partial charge in [0, 0.05) is 16.5 Å². The van der Waals surface area contributed by atoms with Crippen molar-refractivity contribution in [3.8, 4) is 5.75 Å². The van der Waals surface area contributed by atoms with E-state index in [4.69, 9.17) is 4.74 Å². The van der Waals surface area contributed by atoms with Gasteiger partial charge < -0.3 is 4.74 Å². The van der Waals surface area contributed by atoms with E-state index >= 15 is 0 Å². The molecule has 0 unspecified atom stereocenters. The third-order valence-corrected chi connectivity index (χ3v) is 6.28. The molecule has 3 aromatic rings. The van der Waals surface area contributed by atoms with Crippen molar-refractivity contribution in [3.05, 3.63) is 98.8 Å². The van der Waals surface area contributed by atoms with Gasteiger partial charge >= 0.3 is 6.03 Å². The number of nitrogens with zero attached hydrogens (tertiary/aromatic N) is 1. The van der Waals surface area contributed by atoms with Crippen LogP contribution in [0.25, 0.3) is 6.08 Å². The predicted molar refractivity (Wildman–Crippen MR) is 135 cm³/mol. The monoisotopic (exact) mass is 536 g/mol. The third-order valence-electron chi connectivity index (χ3n) is 5.57. The van der Waals surface area contributed by atoms with Crippen LogP contribution in [0.2, 0.25) is 0 Å². The van der Waals surface area contributed by atoms with Crippen molar-refractivity contribution in [2.24, 2.45) is 0 Å². The number of ether oxygens (including phenoxy) is 1. The topological polar surface area (TPSA) is 75.7 Å². The van der Waals surface area contributed by atoms with E-state index in [0.29, 0.717) is 39.2 Å². The summed E-state index contributed by atoms with van der Waals surface area (Å²) in [4.78, 5) is 39.3. The Bertz CT molecular complexity index is 1370. The number of halogens is 2. The number of barbiturate groups is 1. The summed E-state index contributed by atoms with van der Waals surface area (Å²) in [6.45, 7) is 3.97. The molecule has 4 amide bonds. The lowest BCUT2D eigenvalue weighted by Crippen LogP contribution is -2.54. The number of para-hydroxylation sites is 1. The number of carbonyl (C=O) groups excluding carboxylic acids is 3. The highest BCUT2D eigenvalue weighted by Gasteiger charge is 2.37. The van der Waals surface area contributed by atoms with E-state index in [2.05, 4.69) is 21.2 Å². The summed E-state index contributed by atoms with van der Waals surface area (Å²) in [5.74, 6) is -1.34. The zero-order valence-corrected chi connectivity index (χ0v) is 20.7. The second kappa shape index (κ2) is 10.2. The zero-order valence-electron chi connectivity index (χ0n) is 19.1. The van der Waals surface area contributed by atoms with E-state index in [0.717, 1.165) is 10.5 Å². The summed E-state index contributed by atoms with van der Waals surface area (Å²) in [5, 5.41) is 2.23. The van der Waals surface area contributed by atoms with Gasteiger partial charge in [0.05, 0.1) is 12.3 Å². The molecule has 1 heterocycles. The Hall–Kier alpha value is -3.78. The maximum absolute atomic E-state index is 14.3. The molecule has 1 saturated heterocycles. The molecule has 0 aromatic heterocycles. The molecule has 0 spiro atoms. The van der Waals surface area contributed by atoms with Gasteiger partial charge in [-0.05, 0) is 60.9 Å². The van der Waals surface area contributed by atoms with E-state index in [-0.39, 0.29) is 17.8 Å². The van der Waals surface area contributed by atoms with Crippen LogP contribution in [0.1, 0.15) is 29.2 Å². The van der Waals surface area contributed by atoms with Crippen LogP contribution in [0.15, 0.2) is 70.7 Å². The number of hydrogen-bond acceptors (Lipinski definition) is 4. The van der Waals surface area contributed by atoms with E-state index < -0.39 is 17.8 Å². The van der Waals surface area contributed by atoms with Gasteiger partial charge in [-0.3, -0.25) is 14.9 Å². The largest absolute Gasteiger partial charge is 0.494 e. The first-order valence-corrected chi connectivity index (χ1v) is 11.7. The van der Waals surface area contributed by atoms with Crippen molar-refractivity contribution >= 4 is 45.5 Å². The van der Waals surface area contributed by atoms with Gasteiger partial charge in [0.15, 0.2) is 0 Å². The summed E-state index contributed by atoms with van der Waals surface area (Å²) in [7, 11) is 0. The summed E-state index contributed by atoms with van der Waals surface area (Å²) in [6, 6.07) is 16.0. The first-order valence-electron chi connectivity index (χ1n) is 11.0. The highest BCUT2D eigenvalue weighted by atomic mass is 79.9. The maximum atomic E-state index is 14.3. The van der Waals surface area contributed by atoms with E-state index in [1.54, 1.807) is 61.5 Å². The second-order valence-corrected chi connectivity index (χ2v) is 8.78. The lowest BCUT2D eigenvalue weighted by molar-refractivity contribution is -0.122. The van der Waals surface area contributed by atoms with Crippen LogP contribution >= 0.6 is 15.9 Å². The van der Waals surface area contributed by atoms with Crippen molar-refractivity contribution < 1.29 is 23.5 Å². The maximum Gasteiger partial charge on any atom is 0.335 e. The summed E-state index contributed by atoms with van der Waals surface area (Å²) in [6.07, 6.45) is 1.70. The Morgan fingerprint density at radius 3 is 2.49 bits per heavy atom. The number of rotatable bonds is 6. The first-order chi connectivity index (χ1) is 16.8. The van der Waals surface area contributed by atoms with Crippen molar-refractivity contribution in [1.82, 2.24) is 5.32 Å². The molecule has 0 radical (unpaired) electrons. The molecule has 3 aromatic carbocycles. The number of amides is 4. The van der Waals surface area contributed by atoms with Gasteiger partial charge in [-0.25, -0.2) is 14.1 Å². The van der Waals surface area contributed by atoms with Crippen molar-refractivity contribution in [2.45, 2.75) is 20.3 Å². The molecule has 6 nitrogen and oxygen atoms in total. The molecule has 0 saturated carbocycles. The van der Waals surface area contributed by atoms with Gasteiger partial charge in [-0.2, -0.15) is 0 Å². The molecule has 0 atom stereocenters. The Balaban J connectivity index is 1.74. The number of urea groups is 1. The average Bonchev–Trinajstić information content (AvgIpc) is 2.81. The molecule has 1 fully saturated rings. The quantitative estimate of drug-likeness (QED) is 0.331. The molecular formula is C27H22BrFN2O4. The number of imide groups is 2. The number of anilines is 1. The number of hydrogen-bond donors (Lipinski definition) is 1. The molecule has 0 bridgehead atoms. The van der Waals surface area contributed by atoms with Gasteiger partial charge in [0.2, 0.25) is 0 Å². The van der Waals surface area contributed by atoms with Crippen molar-refractivity contribution in [1.29, 1.82) is 0 Å². The van der Waals surface area contributed by atoms with Crippen LogP contribution in [0.3, 0.4) is 0 Å². The van der Waals surface area contributed by atoms with Crippen LogP contribution < -0.4 is 15.0 Å². The SMILES string of the molecule is CCOc1cc(/C=C2\C(=O)NC(=O)N(c3ccccc3C)C2=O)cc(Br)c1Cc1ccccc1F. The van der Waals surface area contributed by atoms with Crippen LogP contribution in [0.5, 0.6) is 5.75 Å². The molecular weight excluding hydrogens is 515 g/mol. The van der Waals surface area contributed by atoms with Crippen molar-refractivity contribution in [3.63, 3.8) is 0 Å². The number of aryl methyl sites for hydroxylation is 1. The molecule has 1 aliphatic heterocycles. The molecule has 35 heavy (non-hydrogen) atoms. The third kappa shape index (κ3) is 5.02. The first kappa shape index (κ1) is 24.3. The molecule has 178 valence electrons.